The Morgan fingerprint density at radius 2 is 1.90 bits per heavy atom. The van der Waals surface area contributed by atoms with Gasteiger partial charge in [-0.1, -0.05) is 19.9 Å². The average Bonchev–Trinajstić information content (AvgIpc) is 3.43. The van der Waals surface area contributed by atoms with Gasteiger partial charge < -0.3 is 14.6 Å². The highest BCUT2D eigenvalue weighted by molar-refractivity contribution is 5.91. The van der Waals surface area contributed by atoms with Crippen LogP contribution in [0.2, 0.25) is 0 Å². The standard InChI is InChI=1S/C19H24N2O8/c1-5-15(11(3)17-16(28-17)10-19(4,23)6-2)29-18(22)12-7-13(20(24)25)9-14(8-12)21(26)27/h6-9,11,15-17,23H,2,5,10H2,1,3-4H3/t11-,15+,16-,17-,19+/m1/s1. The van der Waals surface area contributed by atoms with E-state index in [0.717, 1.165) is 18.2 Å². The fraction of sp³-hybridized carbons (Fsp3) is 0.526. The first-order valence-electron chi connectivity index (χ1n) is 9.15. The van der Waals surface area contributed by atoms with Crippen LogP contribution >= 0.6 is 0 Å². The lowest BCUT2D eigenvalue weighted by Gasteiger charge is -2.22. The van der Waals surface area contributed by atoms with Crippen molar-refractivity contribution in [2.45, 2.75) is 57.5 Å². The topological polar surface area (TPSA) is 145 Å². The Morgan fingerprint density at radius 3 is 2.34 bits per heavy atom. The van der Waals surface area contributed by atoms with Gasteiger partial charge in [-0.3, -0.25) is 20.2 Å². The molecule has 10 nitrogen and oxygen atoms in total. The zero-order valence-electron chi connectivity index (χ0n) is 16.4. The van der Waals surface area contributed by atoms with Crippen LogP contribution in [-0.4, -0.2) is 44.8 Å². The van der Waals surface area contributed by atoms with Gasteiger partial charge in [0.25, 0.3) is 11.4 Å². The highest BCUT2D eigenvalue weighted by atomic mass is 16.6. The van der Waals surface area contributed by atoms with Crippen LogP contribution in [-0.2, 0) is 9.47 Å². The van der Waals surface area contributed by atoms with E-state index in [1.54, 1.807) is 6.92 Å². The minimum atomic E-state index is -1.07. The second-order valence-corrected chi connectivity index (χ2v) is 7.37. The van der Waals surface area contributed by atoms with Gasteiger partial charge in [0.2, 0.25) is 0 Å². The minimum absolute atomic E-state index is 0.204. The maximum Gasteiger partial charge on any atom is 0.338 e. The number of esters is 1. The van der Waals surface area contributed by atoms with Crippen molar-refractivity contribution in [3.05, 3.63) is 56.6 Å². The Balaban J connectivity index is 2.11. The van der Waals surface area contributed by atoms with E-state index in [-0.39, 0.29) is 23.7 Å². The van der Waals surface area contributed by atoms with Gasteiger partial charge in [0.05, 0.1) is 39.3 Å². The number of hydrogen-bond acceptors (Lipinski definition) is 8. The van der Waals surface area contributed by atoms with E-state index < -0.39 is 38.9 Å². The van der Waals surface area contributed by atoms with Crippen molar-refractivity contribution in [3.8, 4) is 0 Å². The van der Waals surface area contributed by atoms with Crippen LogP contribution < -0.4 is 0 Å². The average molecular weight is 408 g/mol. The third-order valence-electron chi connectivity index (χ3n) is 5.00. The molecule has 1 N–H and O–H groups in total. The molecule has 0 amide bonds. The number of nitro benzene ring substituents is 2. The van der Waals surface area contributed by atoms with Crippen LogP contribution in [0.25, 0.3) is 0 Å². The molecule has 2 rings (SSSR count). The van der Waals surface area contributed by atoms with Crippen molar-refractivity contribution in [1.29, 1.82) is 0 Å². The van der Waals surface area contributed by atoms with Crippen LogP contribution in [0, 0.1) is 26.1 Å². The van der Waals surface area contributed by atoms with Crippen molar-refractivity contribution >= 4 is 17.3 Å². The summed E-state index contributed by atoms with van der Waals surface area (Å²) in [5.41, 5.74) is -2.47. The molecule has 0 saturated carbocycles. The lowest BCUT2D eigenvalue weighted by atomic mass is 9.92. The third kappa shape index (κ3) is 5.58. The molecule has 0 aromatic heterocycles. The Labute approximate surface area is 167 Å². The first-order chi connectivity index (χ1) is 13.5. The summed E-state index contributed by atoms with van der Waals surface area (Å²) in [5.74, 6) is -1.09. The summed E-state index contributed by atoms with van der Waals surface area (Å²) in [5, 5.41) is 32.1. The van der Waals surface area contributed by atoms with Gasteiger partial charge in [-0.2, -0.15) is 0 Å². The van der Waals surface area contributed by atoms with Crippen molar-refractivity contribution in [1.82, 2.24) is 0 Å². The number of aliphatic hydroxyl groups is 1. The predicted molar refractivity (Wildman–Crippen MR) is 103 cm³/mol. The number of ether oxygens (including phenoxy) is 2. The molecule has 0 bridgehead atoms. The number of carbonyl (C=O) groups excluding carboxylic acids is 1. The van der Waals surface area contributed by atoms with E-state index in [1.165, 1.54) is 6.08 Å². The molecule has 1 heterocycles. The number of benzene rings is 1. The summed E-state index contributed by atoms with van der Waals surface area (Å²) in [6.45, 7) is 8.84. The van der Waals surface area contributed by atoms with Gasteiger partial charge in [0.15, 0.2) is 0 Å². The number of carbonyl (C=O) groups is 1. The van der Waals surface area contributed by atoms with Gasteiger partial charge in [0, 0.05) is 24.5 Å². The fourth-order valence-corrected chi connectivity index (χ4v) is 3.18. The monoisotopic (exact) mass is 408 g/mol. The first-order valence-corrected chi connectivity index (χ1v) is 9.15. The highest BCUT2D eigenvalue weighted by Gasteiger charge is 2.48. The van der Waals surface area contributed by atoms with E-state index >= 15 is 0 Å². The summed E-state index contributed by atoms with van der Waals surface area (Å²) in [4.78, 5) is 32.9. The summed E-state index contributed by atoms with van der Waals surface area (Å²) in [7, 11) is 0. The molecule has 29 heavy (non-hydrogen) atoms. The van der Waals surface area contributed by atoms with Crippen molar-refractivity contribution in [2.24, 2.45) is 5.92 Å². The van der Waals surface area contributed by atoms with Crippen molar-refractivity contribution in [3.63, 3.8) is 0 Å². The summed E-state index contributed by atoms with van der Waals surface area (Å²) in [6.07, 6.45) is 1.25. The third-order valence-corrected chi connectivity index (χ3v) is 5.00. The van der Waals surface area contributed by atoms with E-state index in [1.807, 2.05) is 13.8 Å². The van der Waals surface area contributed by atoms with Crippen LogP contribution in [0.15, 0.2) is 30.9 Å². The Morgan fingerprint density at radius 1 is 1.34 bits per heavy atom. The first kappa shape index (κ1) is 22.4. The largest absolute Gasteiger partial charge is 0.458 e. The van der Waals surface area contributed by atoms with Crippen molar-refractivity contribution in [2.75, 3.05) is 0 Å². The van der Waals surface area contributed by atoms with Crippen LogP contribution in [0.4, 0.5) is 11.4 Å². The molecule has 0 aliphatic carbocycles. The maximum absolute atomic E-state index is 12.5. The molecule has 1 aromatic carbocycles. The number of epoxide rings is 1. The van der Waals surface area contributed by atoms with Crippen molar-refractivity contribution < 1.29 is 29.2 Å². The Bertz CT molecular complexity index is 790. The maximum atomic E-state index is 12.5. The molecule has 1 saturated heterocycles. The molecule has 158 valence electrons. The second kappa shape index (κ2) is 8.66. The van der Waals surface area contributed by atoms with Crippen LogP contribution in [0.5, 0.6) is 0 Å². The predicted octanol–water partition coefficient (Wildman–Crippen LogP) is 3.17. The normalized spacial score (nSPS) is 22.1. The number of nitrogens with zero attached hydrogens (tertiary/aromatic N) is 2. The number of rotatable bonds is 10. The minimum Gasteiger partial charge on any atom is -0.458 e. The highest BCUT2D eigenvalue weighted by Crippen LogP contribution is 2.38. The van der Waals surface area contributed by atoms with E-state index in [2.05, 4.69) is 6.58 Å². The van der Waals surface area contributed by atoms with Gasteiger partial charge in [0.1, 0.15) is 6.10 Å². The Hall–Kier alpha value is -2.85. The van der Waals surface area contributed by atoms with Gasteiger partial charge >= 0.3 is 5.97 Å². The zero-order valence-corrected chi connectivity index (χ0v) is 16.4. The molecular formula is C19H24N2O8. The molecule has 1 aliphatic heterocycles. The lowest BCUT2D eigenvalue weighted by Crippen LogP contribution is -2.30. The summed E-state index contributed by atoms with van der Waals surface area (Å²) < 4.78 is 11.1. The van der Waals surface area contributed by atoms with Gasteiger partial charge in [-0.05, 0) is 13.3 Å². The smallest absolute Gasteiger partial charge is 0.338 e. The number of hydrogen-bond donors (Lipinski definition) is 1. The molecule has 1 fully saturated rings. The van der Waals surface area contributed by atoms with E-state index in [4.69, 9.17) is 9.47 Å². The Kier molecular flexibility index (Phi) is 6.70. The van der Waals surface area contributed by atoms with Crippen LogP contribution in [0.3, 0.4) is 0 Å². The molecule has 1 aliphatic rings. The molecule has 0 radical (unpaired) electrons. The summed E-state index contributed by atoms with van der Waals surface area (Å²) in [6, 6.07) is 2.68. The van der Waals surface area contributed by atoms with Crippen LogP contribution in [0.1, 0.15) is 44.0 Å². The molecule has 5 atom stereocenters. The van der Waals surface area contributed by atoms with Gasteiger partial charge in [-0.15, -0.1) is 6.58 Å². The molecule has 10 heteroatoms. The molecule has 0 spiro atoms. The quantitative estimate of drug-likeness (QED) is 0.204. The number of nitro groups is 2. The van der Waals surface area contributed by atoms with E-state index in [0.29, 0.717) is 12.8 Å². The lowest BCUT2D eigenvalue weighted by molar-refractivity contribution is -0.394. The summed E-state index contributed by atoms with van der Waals surface area (Å²) >= 11 is 0. The molecular weight excluding hydrogens is 384 g/mol. The SMILES string of the molecule is C=C[C@](C)(O)C[C@H]1O[C@@H]1[C@H](C)[C@H](CC)OC(=O)c1cc([N+](=O)[O-])cc([N+](=O)[O-])c1. The fourth-order valence-electron chi connectivity index (χ4n) is 3.18. The second-order valence-electron chi connectivity index (χ2n) is 7.37. The molecule has 0 unspecified atom stereocenters. The zero-order chi connectivity index (χ0) is 21.9. The number of non-ortho nitro benzene ring substituents is 2. The molecule has 1 aromatic rings. The van der Waals surface area contributed by atoms with Gasteiger partial charge in [-0.25, -0.2) is 4.79 Å². The van der Waals surface area contributed by atoms with E-state index in [9.17, 15) is 30.1 Å².